The van der Waals surface area contributed by atoms with Crippen LogP contribution in [0.4, 0.5) is 0 Å². The molecular formula is C17H26N2O4. The number of nitrogens with zero attached hydrogens (tertiary/aromatic N) is 1. The first-order valence-corrected chi connectivity index (χ1v) is 8.12. The predicted octanol–water partition coefficient (Wildman–Crippen LogP) is 2.30. The number of carboxylic acids is 1. The Balaban J connectivity index is 2.19. The number of nitrogens with one attached hydrogen (secondary N) is 1. The molecule has 1 aliphatic heterocycles. The molecule has 2 unspecified atom stereocenters. The van der Waals surface area contributed by atoms with Gasteiger partial charge in [0.05, 0.1) is 12.2 Å². The quantitative estimate of drug-likeness (QED) is 0.871. The van der Waals surface area contributed by atoms with Gasteiger partial charge in [-0.25, -0.2) is 4.79 Å². The summed E-state index contributed by atoms with van der Waals surface area (Å²) in [7, 11) is 0. The number of carbonyl (C=O) groups excluding carboxylic acids is 1. The van der Waals surface area contributed by atoms with Gasteiger partial charge in [-0.05, 0) is 46.6 Å². The molecule has 0 spiro atoms. The molecule has 1 aromatic rings. The third-order valence-corrected chi connectivity index (χ3v) is 4.46. The van der Waals surface area contributed by atoms with Crippen molar-refractivity contribution in [1.82, 2.24) is 9.88 Å². The van der Waals surface area contributed by atoms with Gasteiger partial charge in [-0.1, -0.05) is 0 Å². The SMILES string of the molecule is Cc1cc(C(=O)NC(C(=O)O)C2CCCOC2)c(C)n1C(C)C. The molecule has 2 N–H and O–H groups in total. The van der Waals surface area contributed by atoms with E-state index in [1.807, 2.05) is 19.9 Å². The van der Waals surface area contributed by atoms with Crippen molar-refractivity contribution in [2.75, 3.05) is 13.2 Å². The molecule has 6 heteroatoms. The lowest BCUT2D eigenvalue weighted by molar-refractivity contribution is -0.142. The van der Waals surface area contributed by atoms with E-state index >= 15 is 0 Å². The molecule has 128 valence electrons. The number of ether oxygens (including phenoxy) is 1. The molecule has 1 aliphatic rings. The van der Waals surface area contributed by atoms with Crippen LogP contribution in [-0.4, -0.2) is 40.8 Å². The number of rotatable bonds is 5. The van der Waals surface area contributed by atoms with Crippen molar-refractivity contribution >= 4 is 11.9 Å². The normalized spacial score (nSPS) is 19.6. The summed E-state index contributed by atoms with van der Waals surface area (Å²) in [4.78, 5) is 24.1. The molecule has 2 rings (SSSR count). The highest BCUT2D eigenvalue weighted by molar-refractivity contribution is 5.98. The zero-order valence-corrected chi connectivity index (χ0v) is 14.3. The summed E-state index contributed by atoms with van der Waals surface area (Å²) in [6.45, 7) is 8.99. The summed E-state index contributed by atoms with van der Waals surface area (Å²) >= 11 is 0. The molecule has 1 saturated heterocycles. The van der Waals surface area contributed by atoms with E-state index in [9.17, 15) is 14.7 Å². The Hall–Kier alpha value is -1.82. The lowest BCUT2D eigenvalue weighted by atomic mass is 9.93. The van der Waals surface area contributed by atoms with Crippen molar-refractivity contribution in [3.05, 3.63) is 23.0 Å². The second kappa shape index (κ2) is 7.17. The Morgan fingerprint density at radius 1 is 1.39 bits per heavy atom. The monoisotopic (exact) mass is 322 g/mol. The molecule has 0 aromatic carbocycles. The van der Waals surface area contributed by atoms with Gasteiger partial charge in [0.25, 0.3) is 5.91 Å². The minimum absolute atomic E-state index is 0.182. The van der Waals surface area contributed by atoms with Crippen molar-refractivity contribution in [2.24, 2.45) is 5.92 Å². The van der Waals surface area contributed by atoms with Crippen LogP contribution in [0.2, 0.25) is 0 Å². The minimum atomic E-state index is -1.01. The average molecular weight is 322 g/mol. The van der Waals surface area contributed by atoms with Crippen LogP contribution in [0, 0.1) is 19.8 Å². The van der Waals surface area contributed by atoms with E-state index in [1.165, 1.54) is 0 Å². The molecule has 23 heavy (non-hydrogen) atoms. The summed E-state index contributed by atoms with van der Waals surface area (Å²) in [6, 6.07) is 1.16. The maximum Gasteiger partial charge on any atom is 0.326 e. The Kier molecular flexibility index (Phi) is 5.46. The largest absolute Gasteiger partial charge is 0.480 e. The van der Waals surface area contributed by atoms with Crippen LogP contribution in [0.25, 0.3) is 0 Å². The van der Waals surface area contributed by atoms with Gasteiger partial charge in [-0.2, -0.15) is 0 Å². The summed E-state index contributed by atoms with van der Waals surface area (Å²) in [6.07, 6.45) is 1.58. The molecule has 1 aromatic heterocycles. The Bertz CT molecular complexity index is 586. The first-order valence-electron chi connectivity index (χ1n) is 8.12. The number of aromatic nitrogens is 1. The Morgan fingerprint density at radius 2 is 2.09 bits per heavy atom. The summed E-state index contributed by atoms with van der Waals surface area (Å²) in [5.41, 5.74) is 2.40. The maximum atomic E-state index is 12.6. The third-order valence-electron chi connectivity index (χ3n) is 4.46. The number of hydrogen-bond acceptors (Lipinski definition) is 3. The smallest absolute Gasteiger partial charge is 0.326 e. The van der Waals surface area contributed by atoms with E-state index in [4.69, 9.17) is 4.74 Å². The number of carboxylic acid groups (broad SMARTS) is 1. The van der Waals surface area contributed by atoms with Crippen molar-refractivity contribution in [3.63, 3.8) is 0 Å². The van der Waals surface area contributed by atoms with Crippen LogP contribution in [0.15, 0.2) is 6.07 Å². The Morgan fingerprint density at radius 3 is 2.57 bits per heavy atom. The van der Waals surface area contributed by atoms with E-state index in [-0.39, 0.29) is 17.9 Å². The molecule has 0 bridgehead atoms. The maximum absolute atomic E-state index is 12.6. The first-order chi connectivity index (χ1) is 10.8. The average Bonchev–Trinajstić information content (AvgIpc) is 2.80. The van der Waals surface area contributed by atoms with Crippen LogP contribution in [-0.2, 0) is 9.53 Å². The molecular weight excluding hydrogens is 296 g/mol. The van der Waals surface area contributed by atoms with Crippen LogP contribution in [0.5, 0.6) is 0 Å². The third kappa shape index (κ3) is 3.75. The van der Waals surface area contributed by atoms with E-state index in [0.29, 0.717) is 18.8 Å². The molecule has 2 atom stereocenters. The van der Waals surface area contributed by atoms with E-state index in [1.54, 1.807) is 0 Å². The fraction of sp³-hybridized carbons (Fsp3) is 0.647. The lowest BCUT2D eigenvalue weighted by Gasteiger charge is -2.28. The standard InChI is InChI=1S/C17H26N2O4/c1-10(2)19-11(3)8-14(12(19)4)16(20)18-15(17(21)22)13-6-5-7-23-9-13/h8,10,13,15H,5-7,9H2,1-4H3,(H,18,20)(H,21,22). The number of aliphatic carboxylic acids is 1. The lowest BCUT2D eigenvalue weighted by Crippen LogP contribution is -2.48. The van der Waals surface area contributed by atoms with Gasteiger partial charge in [0.1, 0.15) is 6.04 Å². The number of hydrogen-bond donors (Lipinski definition) is 2. The summed E-state index contributed by atoms with van der Waals surface area (Å²) < 4.78 is 7.44. The van der Waals surface area contributed by atoms with Gasteiger partial charge in [0.2, 0.25) is 0 Å². The second-order valence-corrected chi connectivity index (χ2v) is 6.52. The molecule has 0 saturated carbocycles. The number of amides is 1. The van der Waals surface area contributed by atoms with Crippen LogP contribution in [0.3, 0.4) is 0 Å². The molecule has 1 amide bonds. The summed E-state index contributed by atoms with van der Waals surface area (Å²) in [5, 5.41) is 12.2. The van der Waals surface area contributed by atoms with Gasteiger partial charge in [-0.15, -0.1) is 0 Å². The van der Waals surface area contributed by atoms with Gasteiger partial charge < -0.3 is 19.7 Å². The van der Waals surface area contributed by atoms with E-state index in [2.05, 4.69) is 23.7 Å². The van der Waals surface area contributed by atoms with Crippen molar-refractivity contribution in [2.45, 2.75) is 52.6 Å². The highest BCUT2D eigenvalue weighted by Crippen LogP contribution is 2.22. The second-order valence-electron chi connectivity index (χ2n) is 6.52. The van der Waals surface area contributed by atoms with Crippen LogP contribution < -0.4 is 5.32 Å². The first kappa shape index (κ1) is 17.5. The fourth-order valence-electron chi connectivity index (χ4n) is 3.43. The van der Waals surface area contributed by atoms with Gasteiger partial charge in [0.15, 0.2) is 0 Å². The van der Waals surface area contributed by atoms with E-state index in [0.717, 1.165) is 24.2 Å². The van der Waals surface area contributed by atoms with Crippen LogP contribution >= 0.6 is 0 Å². The van der Waals surface area contributed by atoms with Crippen molar-refractivity contribution in [3.8, 4) is 0 Å². The Labute approximate surface area is 136 Å². The number of carbonyl (C=O) groups is 2. The topological polar surface area (TPSA) is 80.6 Å². The molecule has 0 radical (unpaired) electrons. The molecule has 0 aliphatic carbocycles. The van der Waals surface area contributed by atoms with Crippen LogP contribution in [0.1, 0.15) is 54.5 Å². The highest BCUT2D eigenvalue weighted by atomic mass is 16.5. The zero-order chi connectivity index (χ0) is 17.1. The zero-order valence-electron chi connectivity index (χ0n) is 14.3. The van der Waals surface area contributed by atoms with Crippen molar-refractivity contribution in [1.29, 1.82) is 0 Å². The van der Waals surface area contributed by atoms with E-state index < -0.39 is 12.0 Å². The van der Waals surface area contributed by atoms with Crippen molar-refractivity contribution < 1.29 is 19.4 Å². The minimum Gasteiger partial charge on any atom is -0.480 e. The van der Waals surface area contributed by atoms with Gasteiger partial charge in [-0.3, -0.25) is 4.79 Å². The fourth-order valence-corrected chi connectivity index (χ4v) is 3.43. The molecule has 1 fully saturated rings. The summed E-state index contributed by atoms with van der Waals surface area (Å²) in [5.74, 6) is -1.52. The number of aryl methyl sites for hydroxylation is 1. The van der Waals surface area contributed by atoms with Gasteiger partial charge >= 0.3 is 5.97 Å². The highest BCUT2D eigenvalue weighted by Gasteiger charge is 2.32. The van der Waals surface area contributed by atoms with Gasteiger partial charge in [0, 0.05) is 30.0 Å². The predicted molar refractivity (Wildman–Crippen MR) is 86.7 cm³/mol. The molecule has 6 nitrogen and oxygen atoms in total. The molecule has 2 heterocycles.